The molecular formula is C13H22N2O2. The van der Waals surface area contributed by atoms with E-state index in [0.29, 0.717) is 12.8 Å². The molecule has 2 amide bonds. The average molecular weight is 238 g/mol. The molecule has 17 heavy (non-hydrogen) atoms. The van der Waals surface area contributed by atoms with Crippen LogP contribution >= 0.6 is 0 Å². The molecule has 1 aliphatic carbocycles. The largest absolute Gasteiger partial charge is 0.306 e. The Morgan fingerprint density at radius 2 is 2.12 bits per heavy atom. The number of hydrogen-bond acceptors (Lipinski definition) is 3. The Labute approximate surface area is 103 Å². The van der Waals surface area contributed by atoms with E-state index in [9.17, 15) is 9.59 Å². The molecule has 1 aliphatic heterocycles. The van der Waals surface area contributed by atoms with Gasteiger partial charge in [-0.3, -0.25) is 14.9 Å². The zero-order valence-corrected chi connectivity index (χ0v) is 10.5. The van der Waals surface area contributed by atoms with Crippen LogP contribution in [0.15, 0.2) is 0 Å². The van der Waals surface area contributed by atoms with Gasteiger partial charge in [0, 0.05) is 6.42 Å². The van der Waals surface area contributed by atoms with Crippen molar-refractivity contribution in [2.75, 3.05) is 6.54 Å². The summed E-state index contributed by atoms with van der Waals surface area (Å²) >= 11 is 0. The maximum Gasteiger partial charge on any atom is 0.243 e. The molecule has 2 rings (SSSR count). The van der Waals surface area contributed by atoms with Gasteiger partial charge >= 0.3 is 0 Å². The quantitative estimate of drug-likeness (QED) is 0.559. The molecule has 4 heteroatoms. The lowest BCUT2D eigenvalue weighted by atomic mass is 9.74. The average Bonchev–Trinajstić information content (AvgIpc) is 2.23. The normalized spacial score (nSPS) is 33.1. The molecule has 1 atom stereocenters. The number of amides is 2. The summed E-state index contributed by atoms with van der Waals surface area (Å²) in [5.74, 6) is 1.53. The third-order valence-electron chi connectivity index (χ3n) is 3.89. The molecular weight excluding hydrogens is 216 g/mol. The highest BCUT2D eigenvalue weighted by molar-refractivity contribution is 6.00. The molecule has 1 saturated carbocycles. The number of imide groups is 1. The summed E-state index contributed by atoms with van der Waals surface area (Å²) in [4.78, 5) is 22.4. The van der Waals surface area contributed by atoms with Crippen LogP contribution in [0.3, 0.4) is 0 Å². The molecule has 1 heterocycles. The number of carbonyl (C=O) groups excluding carboxylic acids is 2. The molecule has 2 aliphatic rings. The molecule has 0 spiro atoms. The zero-order valence-electron chi connectivity index (χ0n) is 10.5. The molecule has 0 radical (unpaired) electrons. The molecule has 4 nitrogen and oxygen atoms in total. The number of piperidine rings is 1. The van der Waals surface area contributed by atoms with Crippen molar-refractivity contribution in [1.29, 1.82) is 0 Å². The van der Waals surface area contributed by atoms with E-state index >= 15 is 0 Å². The summed E-state index contributed by atoms with van der Waals surface area (Å²) in [6, 6.07) is -0.159. The molecule has 2 fully saturated rings. The van der Waals surface area contributed by atoms with Crippen LogP contribution in [0.5, 0.6) is 0 Å². The molecule has 0 aromatic carbocycles. The summed E-state index contributed by atoms with van der Waals surface area (Å²) in [6.07, 6.45) is 6.26. The predicted octanol–water partition coefficient (Wildman–Crippen LogP) is 1.21. The van der Waals surface area contributed by atoms with Crippen molar-refractivity contribution < 1.29 is 9.59 Å². The van der Waals surface area contributed by atoms with Crippen LogP contribution in [0.1, 0.15) is 45.4 Å². The summed E-state index contributed by atoms with van der Waals surface area (Å²) in [7, 11) is 0. The van der Waals surface area contributed by atoms with E-state index in [0.717, 1.165) is 24.8 Å². The van der Waals surface area contributed by atoms with Gasteiger partial charge in [0.1, 0.15) is 0 Å². The van der Waals surface area contributed by atoms with Crippen LogP contribution in [-0.4, -0.2) is 24.4 Å². The van der Waals surface area contributed by atoms with Gasteiger partial charge in [0.2, 0.25) is 11.8 Å². The predicted molar refractivity (Wildman–Crippen MR) is 65.3 cm³/mol. The first-order valence-electron chi connectivity index (χ1n) is 6.72. The van der Waals surface area contributed by atoms with E-state index in [1.54, 1.807) is 0 Å². The maximum absolute atomic E-state index is 11.4. The topological polar surface area (TPSA) is 58.2 Å². The minimum Gasteiger partial charge on any atom is -0.306 e. The van der Waals surface area contributed by atoms with Gasteiger partial charge in [0.25, 0.3) is 0 Å². The SMILES string of the molecule is CC1CC(CCCNC2CCC(=O)NC2=O)C1. The van der Waals surface area contributed by atoms with E-state index < -0.39 is 0 Å². The third-order valence-corrected chi connectivity index (χ3v) is 3.89. The van der Waals surface area contributed by atoms with Crippen LogP contribution in [0, 0.1) is 11.8 Å². The van der Waals surface area contributed by atoms with E-state index in [1.165, 1.54) is 19.3 Å². The van der Waals surface area contributed by atoms with Crippen molar-refractivity contribution in [2.45, 2.75) is 51.5 Å². The van der Waals surface area contributed by atoms with Crippen LogP contribution in [0.4, 0.5) is 0 Å². The zero-order chi connectivity index (χ0) is 12.3. The fourth-order valence-corrected chi connectivity index (χ4v) is 2.86. The van der Waals surface area contributed by atoms with Crippen molar-refractivity contribution in [3.05, 3.63) is 0 Å². The van der Waals surface area contributed by atoms with Gasteiger partial charge in [-0.25, -0.2) is 0 Å². The van der Waals surface area contributed by atoms with Crippen molar-refractivity contribution in [1.82, 2.24) is 10.6 Å². The van der Waals surface area contributed by atoms with Crippen molar-refractivity contribution in [3.63, 3.8) is 0 Å². The molecule has 1 saturated heterocycles. The first kappa shape index (κ1) is 12.6. The monoisotopic (exact) mass is 238 g/mol. The minimum atomic E-state index is -0.159. The Bertz CT molecular complexity index is 298. The van der Waals surface area contributed by atoms with Crippen molar-refractivity contribution >= 4 is 11.8 Å². The summed E-state index contributed by atoms with van der Waals surface area (Å²) in [5, 5.41) is 5.61. The first-order chi connectivity index (χ1) is 8.15. The lowest BCUT2D eigenvalue weighted by Gasteiger charge is -2.32. The number of carbonyl (C=O) groups is 2. The number of nitrogens with one attached hydrogen (secondary N) is 2. The van der Waals surface area contributed by atoms with Crippen LogP contribution in [-0.2, 0) is 9.59 Å². The van der Waals surface area contributed by atoms with Gasteiger partial charge in [0.15, 0.2) is 0 Å². The Balaban J connectivity index is 1.55. The highest BCUT2D eigenvalue weighted by atomic mass is 16.2. The Kier molecular flexibility index (Phi) is 4.15. The molecule has 1 unspecified atom stereocenters. The molecule has 2 N–H and O–H groups in total. The second kappa shape index (κ2) is 5.63. The van der Waals surface area contributed by atoms with Crippen molar-refractivity contribution in [2.24, 2.45) is 11.8 Å². The van der Waals surface area contributed by atoms with E-state index in [4.69, 9.17) is 0 Å². The third kappa shape index (κ3) is 3.53. The van der Waals surface area contributed by atoms with Crippen molar-refractivity contribution in [3.8, 4) is 0 Å². The van der Waals surface area contributed by atoms with Gasteiger partial charge in [-0.05, 0) is 50.5 Å². The van der Waals surface area contributed by atoms with Crippen LogP contribution < -0.4 is 10.6 Å². The van der Waals surface area contributed by atoms with E-state index in [1.807, 2.05) is 0 Å². The Hall–Kier alpha value is -0.900. The smallest absolute Gasteiger partial charge is 0.243 e. The van der Waals surface area contributed by atoms with Crippen LogP contribution in [0.2, 0.25) is 0 Å². The molecule has 0 bridgehead atoms. The fourth-order valence-electron chi connectivity index (χ4n) is 2.86. The van der Waals surface area contributed by atoms with E-state index in [-0.39, 0.29) is 17.9 Å². The fraction of sp³-hybridized carbons (Fsp3) is 0.846. The van der Waals surface area contributed by atoms with Gasteiger partial charge in [-0.1, -0.05) is 6.92 Å². The Morgan fingerprint density at radius 1 is 1.35 bits per heavy atom. The second-order valence-corrected chi connectivity index (χ2v) is 5.54. The Morgan fingerprint density at radius 3 is 2.76 bits per heavy atom. The summed E-state index contributed by atoms with van der Waals surface area (Å²) in [6.45, 7) is 3.19. The van der Waals surface area contributed by atoms with Crippen LogP contribution in [0.25, 0.3) is 0 Å². The maximum atomic E-state index is 11.4. The number of hydrogen-bond donors (Lipinski definition) is 2. The summed E-state index contributed by atoms with van der Waals surface area (Å²) in [5.41, 5.74) is 0. The lowest BCUT2D eigenvalue weighted by molar-refractivity contribution is -0.134. The standard InChI is InChI=1S/C13H22N2O2/c1-9-7-10(8-9)3-2-6-14-11-4-5-12(16)15-13(11)17/h9-11,14H,2-8H2,1H3,(H,15,16,17). The molecule has 0 aromatic rings. The number of rotatable bonds is 5. The van der Waals surface area contributed by atoms with Gasteiger partial charge < -0.3 is 5.32 Å². The molecule has 0 aromatic heterocycles. The van der Waals surface area contributed by atoms with Gasteiger partial charge in [0.05, 0.1) is 6.04 Å². The minimum absolute atomic E-state index is 0.142. The van der Waals surface area contributed by atoms with Gasteiger partial charge in [-0.2, -0.15) is 0 Å². The van der Waals surface area contributed by atoms with Gasteiger partial charge in [-0.15, -0.1) is 0 Å². The summed E-state index contributed by atoms with van der Waals surface area (Å²) < 4.78 is 0. The lowest BCUT2D eigenvalue weighted by Crippen LogP contribution is -2.50. The van der Waals surface area contributed by atoms with E-state index in [2.05, 4.69) is 17.6 Å². The second-order valence-electron chi connectivity index (χ2n) is 5.54. The highest BCUT2D eigenvalue weighted by Gasteiger charge is 2.27. The first-order valence-corrected chi connectivity index (χ1v) is 6.72. The highest BCUT2D eigenvalue weighted by Crippen LogP contribution is 2.35. The molecule has 96 valence electrons.